The van der Waals surface area contributed by atoms with E-state index in [0.717, 1.165) is 13.0 Å². The summed E-state index contributed by atoms with van der Waals surface area (Å²) in [6.07, 6.45) is 0.986. The lowest BCUT2D eigenvalue weighted by Crippen LogP contribution is -2.39. The predicted octanol–water partition coefficient (Wildman–Crippen LogP) is 4.14. The summed E-state index contributed by atoms with van der Waals surface area (Å²) in [4.78, 5) is 14.5. The molecular formula is C20H25ClN2O2. The van der Waals surface area contributed by atoms with Crippen molar-refractivity contribution in [2.24, 2.45) is 0 Å². The first kappa shape index (κ1) is 19.1. The van der Waals surface area contributed by atoms with Crippen LogP contribution in [0.3, 0.4) is 0 Å². The van der Waals surface area contributed by atoms with E-state index in [2.05, 4.69) is 29.4 Å². The maximum Gasteiger partial charge on any atom is 0.261 e. The molecule has 1 unspecified atom stereocenters. The summed E-state index contributed by atoms with van der Waals surface area (Å²) in [7, 11) is 2.05. The summed E-state index contributed by atoms with van der Waals surface area (Å²) in [6, 6.07) is 17.2. The van der Waals surface area contributed by atoms with Gasteiger partial charge >= 0.3 is 0 Å². The smallest absolute Gasteiger partial charge is 0.261 e. The van der Waals surface area contributed by atoms with E-state index in [-0.39, 0.29) is 5.91 Å². The standard InChI is InChI=1S/C20H25ClN2O2/c1-3-19(25-18-12-10-16(21)11-13-18)20(24)22-14-7-15-23(2)17-8-5-4-6-9-17/h4-6,8-13,19H,3,7,14-15H2,1-2H3,(H,22,24). The molecule has 1 atom stereocenters. The molecule has 1 N–H and O–H groups in total. The molecule has 0 aliphatic rings. The molecule has 0 bridgehead atoms. The highest BCUT2D eigenvalue weighted by Gasteiger charge is 2.17. The van der Waals surface area contributed by atoms with E-state index in [4.69, 9.17) is 16.3 Å². The van der Waals surface area contributed by atoms with Gasteiger partial charge in [0, 0.05) is 30.8 Å². The molecule has 2 rings (SSSR count). The van der Waals surface area contributed by atoms with Crippen LogP contribution in [0.2, 0.25) is 5.02 Å². The third kappa shape index (κ3) is 6.31. The summed E-state index contributed by atoms with van der Waals surface area (Å²) in [5.74, 6) is 0.565. The second-order valence-corrected chi connectivity index (χ2v) is 6.31. The van der Waals surface area contributed by atoms with Crippen LogP contribution < -0.4 is 15.0 Å². The van der Waals surface area contributed by atoms with Crippen molar-refractivity contribution in [2.75, 3.05) is 25.0 Å². The number of halogens is 1. The average Bonchev–Trinajstić information content (AvgIpc) is 2.65. The molecule has 4 nitrogen and oxygen atoms in total. The second-order valence-electron chi connectivity index (χ2n) is 5.87. The van der Waals surface area contributed by atoms with E-state index in [9.17, 15) is 4.79 Å². The third-order valence-electron chi connectivity index (χ3n) is 3.92. The highest BCUT2D eigenvalue weighted by Crippen LogP contribution is 2.17. The minimum absolute atomic E-state index is 0.0835. The van der Waals surface area contributed by atoms with Crippen molar-refractivity contribution in [3.05, 3.63) is 59.6 Å². The zero-order chi connectivity index (χ0) is 18.1. The molecule has 2 aromatic carbocycles. The Labute approximate surface area is 154 Å². The number of hydrogen-bond acceptors (Lipinski definition) is 3. The van der Waals surface area contributed by atoms with Gasteiger partial charge in [-0.1, -0.05) is 36.7 Å². The van der Waals surface area contributed by atoms with Crippen molar-refractivity contribution >= 4 is 23.2 Å². The van der Waals surface area contributed by atoms with Crippen LogP contribution in [0.25, 0.3) is 0 Å². The Kier molecular flexibility index (Phi) is 7.61. The van der Waals surface area contributed by atoms with E-state index < -0.39 is 6.10 Å². The highest BCUT2D eigenvalue weighted by atomic mass is 35.5. The molecule has 134 valence electrons. The molecule has 2 aromatic rings. The number of benzene rings is 2. The number of amides is 1. The van der Waals surface area contributed by atoms with Crippen LogP contribution in [0.1, 0.15) is 19.8 Å². The summed E-state index contributed by atoms with van der Waals surface area (Å²) in [6.45, 7) is 3.43. The zero-order valence-corrected chi connectivity index (χ0v) is 15.5. The van der Waals surface area contributed by atoms with Gasteiger partial charge in [0.15, 0.2) is 6.10 Å². The van der Waals surface area contributed by atoms with Gasteiger partial charge in [-0.25, -0.2) is 0 Å². The van der Waals surface area contributed by atoms with Gasteiger partial charge in [-0.05, 0) is 49.2 Å². The molecule has 0 aromatic heterocycles. The van der Waals surface area contributed by atoms with Gasteiger partial charge in [0.05, 0.1) is 0 Å². The molecular weight excluding hydrogens is 336 g/mol. The predicted molar refractivity (Wildman–Crippen MR) is 103 cm³/mol. The number of carbonyl (C=O) groups is 1. The Hall–Kier alpha value is -2.20. The molecule has 0 aliphatic heterocycles. The molecule has 0 spiro atoms. The van der Waals surface area contributed by atoms with Crippen molar-refractivity contribution in [1.82, 2.24) is 5.32 Å². The fourth-order valence-electron chi connectivity index (χ4n) is 2.45. The normalized spacial score (nSPS) is 11.6. The fourth-order valence-corrected chi connectivity index (χ4v) is 2.58. The van der Waals surface area contributed by atoms with Gasteiger partial charge in [0.1, 0.15) is 5.75 Å². The Morgan fingerprint density at radius 1 is 1.16 bits per heavy atom. The lowest BCUT2D eigenvalue weighted by Gasteiger charge is -2.20. The first-order chi connectivity index (χ1) is 12.1. The van der Waals surface area contributed by atoms with Gasteiger partial charge in [0.2, 0.25) is 0 Å². The maximum absolute atomic E-state index is 12.3. The van der Waals surface area contributed by atoms with E-state index in [0.29, 0.717) is 23.7 Å². The Balaban J connectivity index is 1.73. The van der Waals surface area contributed by atoms with Gasteiger partial charge in [-0.2, -0.15) is 0 Å². The van der Waals surface area contributed by atoms with Crippen molar-refractivity contribution in [1.29, 1.82) is 0 Å². The van der Waals surface area contributed by atoms with Gasteiger partial charge in [0.25, 0.3) is 5.91 Å². The summed E-state index contributed by atoms with van der Waals surface area (Å²) in [5, 5.41) is 3.60. The minimum atomic E-state index is -0.493. The number of ether oxygens (including phenoxy) is 1. The Morgan fingerprint density at radius 3 is 2.48 bits per heavy atom. The largest absolute Gasteiger partial charge is 0.481 e. The number of para-hydroxylation sites is 1. The zero-order valence-electron chi connectivity index (χ0n) is 14.7. The first-order valence-corrected chi connectivity index (χ1v) is 8.94. The number of hydrogen-bond donors (Lipinski definition) is 1. The Morgan fingerprint density at radius 2 is 1.84 bits per heavy atom. The summed E-state index contributed by atoms with van der Waals surface area (Å²) < 4.78 is 5.75. The molecule has 0 saturated heterocycles. The molecule has 0 heterocycles. The van der Waals surface area contributed by atoms with Gasteiger partial charge in [-0.3, -0.25) is 4.79 Å². The van der Waals surface area contributed by atoms with E-state index in [1.54, 1.807) is 24.3 Å². The van der Waals surface area contributed by atoms with Gasteiger partial charge < -0.3 is 15.0 Å². The average molecular weight is 361 g/mol. The van der Waals surface area contributed by atoms with Crippen molar-refractivity contribution < 1.29 is 9.53 Å². The molecule has 1 amide bonds. The number of nitrogens with zero attached hydrogens (tertiary/aromatic N) is 1. The number of nitrogens with one attached hydrogen (secondary N) is 1. The minimum Gasteiger partial charge on any atom is -0.481 e. The van der Waals surface area contributed by atoms with Crippen molar-refractivity contribution in [3.8, 4) is 5.75 Å². The number of anilines is 1. The SMILES string of the molecule is CCC(Oc1ccc(Cl)cc1)C(=O)NCCCN(C)c1ccccc1. The lowest BCUT2D eigenvalue weighted by molar-refractivity contribution is -0.128. The second kappa shape index (κ2) is 9.94. The topological polar surface area (TPSA) is 41.6 Å². The van der Waals surface area contributed by atoms with E-state index in [1.807, 2.05) is 25.1 Å². The van der Waals surface area contributed by atoms with Crippen LogP contribution in [0.5, 0.6) is 5.75 Å². The van der Waals surface area contributed by atoms with Crippen LogP contribution in [0.15, 0.2) is 54.6 Å². The Bertz CT molecular complexity index is 647. The summed E-state index contributed by atoms with van der Waals surface area (Å²) >= 11 is 5.86. The lowest BCUT2D eigenvalue weighted by atomic mass is 10.2. The van der Waals surface area contributed by atoms with Crippen molar-refractivity contribution in [2.45, 2.75) is 25.9 Å². The number of rotatable bonds is 9. The third-order valence-corrected chi connectivity index (χ3v) is 4.17. The fraction of sp³-hybridized carbons (Fsp3) is 0.350. The molecule has 0 aliphatic carbocycles. The monoisotopic (exact) mass is 360 g/mol. The maximum atomic E-state index is 12.3. The number of carbonyl (C=O) groups excluding carboxylic acids is 1. The van der Waals surface area contributed by atoms with Crippen LogP contribution in [0.4, 0.5) is 5.69 Å². The van der Waals surface area contributed by atoms with Gasteiger partial charge in [-0.15, -0.1) is 0 Å². The van der Waals surface area contributed by atoms with E-state index >= 15 is 0 Å². The quantitative estimate of drug-likeness (QED) is 0.683. The molecule has 0 saturated carbocycles. The van der Waals surface area contributed by atoms with Crippen LogP contribution >= 0.6 is 11.6 Å². The first-order valence-electron chi connectivity index (χ1n) is 8.56. The van der Waals surface area contributed by atoms with Crippen LogP contribution in [-0.4, -0.2) is 32.1 Å². The summed E-state index contributed by atoms with van der Waals surface area (Å²) in [5.41, 5.74) is 1.17. The molecule has 25 heavy (non-hydrogen) atoms. The van der Waals surface area contributed by atoms with Crippen LogP contribution in [0, 0.1) is 0 Å². The van der Waals surface area contributed by atoms with Crippen molar-refractivity contribution in [3.63, 3.8) is 0 Å². The van der Waals surface area contributed by atoms with Crippen LogP contribution in [-0.2, 0) is 4.79 Å². The molecule has 0 radical (unpaired) electrons. The molecule has 0 fully saturated rings. The molecule has 5 heteroatoms. The highest BCUT2D eigenvalue weighted by molar-refractivity contribution is 6.30. The van der Waals surface area contributed by atoms with E-state index in [1.165, 1.54) is 5.69 Å².